The van der Waals surface area contributed by atoms with E-state index in [2.05, 4.69) is 15.9 Å². The molecule has 116 valence electrons. The van der Waals surface area contributed by atoms with Crippen LogP contribution in [0.5, 0.6) is 0 Å². The molecule has 1 unspecified atom stereocenters. The van der Waals surface area contributed by atoms with Gasteiger partial charge in [0.15, 0.2) is 0 Å². The minimum Gasteiger partial charge on any atom is -0.274 e. The van der Waals surface area contributed by atoms with Crippen molar-refractivity contribution in [1.29, 1.82) is 0 Å². The summed E-state index contributed by atoms with van der Waals surface area (Å²) in [6.07, 6.45) is 0. The number of benzene rings is 2. The molecule has 3 atom stereocenters. The lowest BCUT2D eigenvalue weighted by atomic mass is 10.1. The molecule has 0 spiro atoms. The van der Waals surface area contributed by atoms with Crippen molar-refractivity contribution in [3.63, 3.8) is 0 Å². The average molecular weight is 411 g/mol. The van der Waals surface area contributed by atoms with Crippen LogP contribution in [0, 0.1) is 11.8 Å². The minimum absolute atomic E-state index is 0.0194. The maximum absolute atomic E-state index is 12.6. The van der Waals surface area contributed by atoms with Gasteiger partial charge in [-0.3, -0.25) is 9.59 Å². The van der Waals surface area contributed by atoms with E-state index in [1.54, 1.807) is 18.2 Å². The molecule has 2 aliphatic rings. The zero-order valence-corrected chi connectivity index (χ0v) is 14.8. The van der Waals surface area contributed by atoms with Gasteiger partial charge in [-0.2, -0.15) is 0 Å². The van der Waals surface area contributed by atoms with E-state index in [1.165, 1.54) is 4.90 Å². The normalized spacial score (nSPS) is 25.7. The van der Waals surface area contributed by atoms with Crippen LogP contribution < -0.4 is 4.90 Å². The van der Waals surface area contributed by atoms with E-state index in [0.717, 1.165) is 10.0 Å². The van der Waals surface area contributed by atoms with Crippen molar-refractivity contribution in [3.05, 3.63) is 62.5 Å². The number of piperidine rings is 1. The maximum Gasteiger partial charge on any atom is 0.238 e. The highest BCUT2D eigenvalue weighted by Gasteiger charge is 2.67. The molecule has 0 bridgehead atoms. The predicted molar refractivity (Wildman–Crippen MR) is 92.8 cm³/mol. The zero-order chi connectivity index (χ0) is 16.3. The van der Waals surface area contributed by atoms with Gasteiger partial charge in [-0.05, 0) is 35.9 Å². The van der Waals surface area contributed by atoms with E-state index in [4.69, 9.17) is 23.2 Å². The first-order valence-electron chi connectivity index (χ1n) is 7.07. The second-order valence-electron chi connectivity index (χ2n) is 5.77. The maximum atomic E-state index is 12.6. The number of rotatable bonds is 2. The van der Waals surface area contributed by atoms with Crippen LogP contribution in [0.15, 0.2) is 46.9 Å². The third kappa shape index (κ3) is 2.40. The minimum atomic E-state index is -0.276. The van der Waals surface area contributed by atoms with Crippen molar-refractivity contribution in [3.8, 4) is 0 Å². The number of carbonyl (C=O) groups excluding carboxylic acids is 2. The molecule has 2 fully saturated rings. The molecule has 3 nitrogen and oxygen atoms in total. The summed E-state index contributed by atoms with van der Waals surface area (Å²) in [6.45, 7) is 0. The Morgan fingerprint density at radius 2 is 1.35 bits per heavy atom. The fourth-order valence-corrected chi connectivity index (χ4v) is 4.13. The standard InChI is InChI=1S/C17H10BrCl2NO2/c18-9-3-1-8(2-4-9)13-14-15(13)17(23)21(16(14)22)12-6-10(19)5-11(20)7-12/h1-7,13-15H/t13-,14+,15?/m1/s1. The van der Waals surface area contributed by atoms with Crippen LogP contribution in [-0.2, 0) is 9.59 Å². The Morgan fingerprint density at radius 3 is 1.87 bits per heavy atom. The first kappa shape index (κ1) is 15.2. The molecule has 2 aromatic carbocycles. The van der Waals surface area contributed by atoms with Crippen LogP contribution in [0.1, 0.15) is 11.5 Å². The fourth-order valence-electron chi connectivity index (χ4n) is 3.35. The van der Waals surface area contributed by atoms with Crippen LogP contribution in [0.25, 0.3) is 0 Å². The third-order valence-electron chi connectivity index (χ3n) is 4.39. The summed E-state index contributed by atoms with van der Waals surface area (Å²) >= 11 is 15.3. The number of carbonyl (C=O) groups is 2. The van der Waals surface area contributed by atoms with Gasteiger partial charge in [0.05, 0.1) is 17.5 Å². The predicted octanol–water partition coefficient (Wildman–Crippen LogP) is 4.66. The SMILES string of the molecule is O=C1C2[C@@H](C(=O)N1c1cc(Cl)cc(Cl)c1)[C@H]2c1ccc(Br)cc1. The number of imide groups is 1. The zero-order valence-electron chi connectivity index (χ0n) is 11.7. The number of amides is 2. The number of anilines is 1. The molecule has 1 aliphatic heterocycles. The Kier molecular flexibility index (Phi) is 3.52. The molecular weight excluding hydrogens is 401 g/mol. The van der Waals surface area contributed by atoms with Crippen LogP contribution in [0.3, 0.4) is 0 Å². The van der Waals surface area contributed by atoms with Gasteiger partial charge < -0.3 is 0 Å². The van der Waals surface area contributed by atoms with Crippen LogP contribution >= 0.6 is 39.1 Å². The van der Waals surface area contributed by atoms with Gasteiger partial charge in [0.2, 0.25) is 11.8 Å². The first-order chi connectivity index (χ1) is 11.0. The topological polar surface area (TPSA) is 37.4 Å². The third-order valence-corrected chi connectivity index (χ3v) is 5.36. The molecule has 2 amide bonds. The monoisotopic (exact) mass is 409 g/mol. The quantitative estimate of drug-likeness (QED) is 0.675. The number of halogens is 3. The molecule has 1 saturated carbocycles. The Hall–Kier alpha value is -1.36. The van der Waals surface area contributed by atoms with Gasteiger partial charge in [-0.25, -0.2) is 4.90 Å². The molecule has 4 rings (SSSR count). The molecule has 0 N–H and O–H groups in total. The van der Waals surface area contributed by atoms with E-state index >= 15 is 0 Å². The fraction of sp³-hybridized carbons (Fsp3) is 0.176. The first-order valence-corrected chi connectivity index (χ1v) is 8.61. The van der Waals surface area contributed by atoms with Crippen LogP contribution in [0.4, 0.5) is 5.69 Å². The Bertz CT molecular complexity index is 795. The van der Waals surface area contributed by atoms with Gasteiger partial charge in [-0.15, -0.1) is 0 Å². The number of hydrogen-bond donors (Lipinski definition) is 0. The van der Waals surface area contributed by atoms with E-state index in [-0.39, 0.29) is 29.6 Å². The lowest BCUT2D eigenvalue weighted by Crippen LogP contribution is -2.34. The van der Waals surface area contributed by atoms with Crippen molar-refractivity contribution < 1.29 is 9.59 Å². The summed E-state index contributed by atoms with van der Waals surface area (Å²) < 4.78 is 0.972. The van der Waals surface area contributed by atoms with Gasteiger partial charge in [0.1, 0.15) is 0 Å². The van der Waals surface area contributed by atoms with Crippen molar-refractivity contribution >= 4 is 56.6 Å². The Labute approximate surface area is 151 Å². The average Bonchev–Trinajstić information content (AvgIpc) is 3.16. The van der Waals surface area contributed by atoms with Crippen LogP contribution in [-0.4, -0.2) is 11.8 Å². The summed E-state index contributed by atoms with van der Waals surface area (Å²) in [6, 6.07) is 12.5. The highest BCUT2D eigenvalue weighted by Crippen LogP contribution is 2.60. The highest BCUT2D eigenvalue weighted by atomic mass is 79.9. The summed E-state index contributed by atoms with van der Waals surface area (Å²) in [5.41, 5.74) is 1.47. The second-order valence-corrected chi connectivity index (χ2v) is 7.56. The molecule has 0 aromatic heterocycles. The highest BCUT2D eigenvalue weighted by molar-refractivity contribution is 9.10. The van der Waals surface area contributed by atoms with E-state index < -0.39 is 0 Å². The summed E-state index contributed by atoms with van der Waals surface area (Å²) in [5.74, 6) is -0.922. The summed E-state index contributed by atoms with van der Waals surface area (Å²) in [7, 11) is 0. The summed E-state index contributed by atoms with van der Waals surface area (Å²) in [4.78, 5) is 26.5. The van der Waals surface area contributed by atoms with Crippen molar-refractivity contribution in [2.45, 2.75) is 5.92 Å². The summed E-state index contributed by atoms with van der Waals surface area (Å²) in [5, 5.41) is 0.802. The smallest absolute Gasteiger partial charge is 0.238 e. The Balaban J connectivity index is 1.64. The van der Waals surface area contributed by atoms with Gasteiger partial charge in [-0.1, -0.05) is 51.3 Å². The molecule has 0 radical (unpaired) electrons. The van der Waals surface area contributed by atoms with Crippen molar-refractivity contribution in [1.82, 2.24) is 0 Å². The largest absolute Gasteiger partial charge is 0.274 e. The van der Waals surface area contributed by atoms with Gasteiger partial charge >= 0.3 is 0 Å². The molecule has 23 heavy (non-hydrogen) atoms. The number of nitrogens with zero attached hydrogens (tertiary/aromatic N) is 1. The number of hydrogen-bond acceptors (Lipinski definition) is 2. The van der Waals surface area contributed by atoms with E-state index in [0.29, 0.717) is 15.7 Å². The number of fused-ring (bicyclic) bond motifs is 1. The lowest BCUT2D eigenvalue weighted by molar-refractivity contribution is -0.123. The molecule has 1 heterocycles. The Morgan fingerprint density at radius 1 is 0.826 bits per heavy atom. The van der Waals surface area contributed by atoms with Crippen molar-refractivity contribution in [2.75, 3.05) is 4.90 Å². The molecule has 1 aliphatic carbocycles. The van der Waals surface area contributed by atoms with E-state index in [9.17, 15) is 9.59 Å². The van der Waals surface area contributed by atoms with Gasteiger partial charge in [0, 0.05) is 20.4 Å². The lowest BCUT2D eigenvalue weighted by Gasteiger charge is -2.19. The van der Waals surface area contributed by atoms with E-state index in [1.807, 2.05) is 24.3 Å². The van der Waals surface area contributed by atoms with Crippen molar-refractivity contribution in [2.24, 2.45) is 11.8 Å². The van der Waals surface area contributed by atoms with Crippen LogP contribution in [0.2, 0.25) is 10.0 Å². The molecule has 2 aromatic rings. The molecule has 6 heteroatoms. The second kappa shape index (κ2) is 5.33. The van der Waals surface area contributed by atoms with Gasteiger partial charge in [0.25, 0.3) is 0 Å². The molecule has 1 saturated heterocycles. The molecular formula is C17H10BrCl2NO2.